The van der Waals surface area contributed by atoms with Crippen molar-refractivity contribution in [1.29, 1.82) is 0 Å². The Hall–Kier alpha value is -0.813. The van der Waals surface area contributed by atoms with Gasteiger partial charge in [-0.2, -0.15) is 13.2 Å². The van der Waals surface area contributed by atoms with Crippen LogP contribution in [-0.4, -0.2) is 32.2 Å². The van der Waals surface area contributed by atoms with Crippen LogP contribution in [0.4, 0.5) is 13.2 Å². The SMILES string of the molecule is CCN(Cc1ccc([Si](C)(C)C)cc1)CC(F)(F)F. The molecule has 1 rings (SSSR count). The number of hydrogen-bond donors (Lipinski definition) is 0. The lowest BCUT2D eigenvalue weighted by molar-refractivity contribution is -0.146. The molecule has 0 N–H and O–H groups in total. The summed E-state index contributed by atoms with van der Waals surface area (Å²) in [5.41, 5.74) is 0.938. The smallest absolute Gasteiger partial charge is 0.291 e. The molecule has 0 radical (unpaired) electrons. The van der Waals surface area contributed by atoms with Crippen LogP contribution in [0.1, 0.15) is 12.5 Å². The van der Waals surface area contributed by atoms with Crippen molar-refractivity contribution in [2.24, 2.45) is 0 Å². The van der Waals surface area contributed by atoms with Gasteiger partial charge in [-0.25, -0.2) is 0 Å². The van der Waals surface area contributed by atoms with Crippen molar-refractivity contribution < 1.29 is 13.2 Å². The Morgan fingerprint density at radius 3 is 1.95 bits per heavy atom. The van der Waals surface area contributed by atoms with Crippen LogP contribution in [0.5, 0.6) is 0 Å². The highest BCUT2D eigenvalue weighted by Crippen LogP contribution is 2.17. The van der Waals surface area contributed by atoms with Gasteiger partial charge in [0, 0.05) is 6.54 Å². The highest BCUT2D eigenvalue weighted by Gasteiger charge is 2.30. The van der Waals surface area contributed by atoms with Gasteiger partial charge in [-0.05, 0) is 12.1 Å². The van der Waals surface area contributed by atoms with E-state index in [4.69, 9.17) is 0 Å². The highest BCUT2D eigenvalue weighted by molar-refractivity contribution is 6.88. The van der Waals surface area contributed by atoms with Crippen LogP contribution in [0.25, 0.3) is 0 Å². The molecule has 0 atom stereocenters. The Kier molecular flexibility index (Phi) is 5.21. The van der Waals surface area contributed by atoms with E-state index in [-0.39, 0.29) is 0 Å². The van der Waals surface area contributed by atoms with Gasteiger partial charge in [-0.3, -0.25) is 4.90 Å². The topological polar surface area (TPSA) is 3.24 Å². The van der Waals surface area contributed by atoms with Crippen molar-refractivity contribution in [1.82, 2.24) is 4.90 Å². The third-order valence-corrected chi connectivity index (χ3v) is 5.14. The molecule has 0 heterocycles. The fourth-order valence-corrected chi connectivity index (χ4v) is 3.07. The van der Waals surface area contributed by atoms with Gasteiger partial charge < -0.3 is 0 Å². The summed E-state index contributed by atoms with van der Waals surface area (Å²) >= 11 is 0. The molecule has 0 unspecified atom stereocenters. The monoisotopic (exact) mass is 289 g/mol. The quantitative estimate of drug-likeness (QED) is 0.748. The van der Waals surface area contributed by atoms with Crippen LogP contribution in [0.15, 0.2) is 24.3 Å². The summed E-state index contributed by atoms with van der Waals surface area (Å²) in [6.45, 7) is 8.41. The average Bonchev–Trinajstić information content (AvgIpc) is 2.26. The number of rotatable bonds is 5. The van der Waals surface area contributed by atoms with Crippen LogP contribution >= 0.6 is 0 Å². The molecule has 0 aliphatic carbocycles. The molecule has 0 saturated heterocycles. The number of hydrogen-bond acceptors (Lipinski definition) is 1. The second-order valence-electron chi connectivity index (χ2n) is 5.87. The normalized spacial score (nSPS) is 13.1. The molecule has 0 bridgehead atoms. The fraction of sp³-hybridized carbons (Fsp3) is 0.571. The first-order valence-corrected chi connectivity index (χ1v) is 10.0. The van der Waals surface area contributed by atoms with E-state index >= 15 is 0 Å². The zero-order valence-corrected chi connectivity index (χ0v) is 13.0. The minimum Gasteiger partial charge on any atom is -0.291 e. The molecule has 0 aliphatic rings. The van der Waals surface area contributed by atoms with Crippen LogP contribution in [0, 0.1) is 0 Å². The van der Waals surface area contributed by atoms with Crippen LogP contribution < -0.4 is 5.19 Å². The highest BCUT2D eigenvalue weighted by atomic mass is 28.3. The summed E-state index contributed by atoms with van der Waals surface area (Å²) in [6.07, 6.45) is -4.13. The molecular weight excluding hydrogens is 267 g/mol. The molecule has 1 nitrogen and oxygen atoms in total. The Bertz CT molecular complexity index is 393. The Morgan fingerprint density at radius 2 is 1.58 bits per heavy atom. The van der Waals surface area contributed by atoms with Gasteiger partial charge in [0.05, 0.1) is 14.6 Å². The molecule has 0 aromatic heterocycles. The summed E-state index contributed by atoms with van der Waals surface area (Å²) < 4.78 is 37.1. The van der Waals surface area contributed by atoms with Gasteiger partial charge in [-0.1, -0.05) is 56.0 Å². The Morgan fingerprint density at radius 1 is 1.05 bits per heavy atom. The summed E-state index contributed by atoms with van der Waals surface area (Å²) in [7, 11) is -1.34. The lowest BCUT2D eigenvalue weighted by atomic mass is 10.2. The summed E-state index contributed by atoms with van der Waals surface area (Å²) in [4.78, 5) is 1.41. The summed E-state index contributed by atoms with van der Waals surface area (Å²) in [5, 5.41) is 1.33. The first-order chi connectivity index (χ1) is 8.62. The Labute approximate surface area is 114 Å². The zero-order valence-electron chi connectivity index (χ0n) is 12.0. The molecule has 108 valence electrons. The standard InChI is InChI=1S/C14H22F3NSi/c1-5-18(11-14(15,16)17)10-12-6-8-13(9-7-12)19(2,3)4/h6-9H,5,10-11H2,1-4H3. The Balaban J connectivity index is 2.71. The molecule has 19 heavy (non-hydrogen) atoms. The van der Waals surface area contributed by atoms with Crippen molar-refractivity contribution in [3.8, 4) is 0 Å². The zero-order chi connectivity index (χ0) is 14.7. The predicted molar refractivity (Wildman–Crippen MR) is 76.4 cm³/mol. The van der Waals surface area contributed by atoms with Gasteiger partial charge in [0.2, 0.25) is 0 Å². The van der Waals surface area contributed by atoms with Crippen molar-refractivity contribution in [2.45, 2.75) is 39.3 Å². The van der Waals surface area contributed by atoms with E-state index in [1.165, 1.54) is 10.1 Å². The van der Waals surface area contributed by atoms with Gasteiger partial charge in [0.15, 0.2) is 0 Å². The van der Waals surface area contributed by atoms with E-state index in [9.17, 15) is 13.2 Å². The molecule has 5 heteroatoms. The van der Waals surface area contributed by atoms with Gasteiger partial charge in [0.1, 0.15) is 0 Å². The van der Waals surface area contributed by atoms with Crippen molar-refractivity contribution >= 4 is 13.3 Å². The molecule has 0 saturated carbocycles. The van der Waals surface area contributed by atoms with Gasteiger partial charge >= 0.3 is 6.18 Å². The average molecular weight is 289 g/mol. The third-order valence-electron chi connectivity index (χ3n) is 3.08. The fourth-order valence-electron chi connectivity index (χ4n) is 1.90. The third kappa shape index (κ3) is 5.78. The van der Waals surface area contributed by atoms with Crippen LogP contribution in [0.3, 0.4) is 0 Å². The van der Waals surface area contributed by atoms with E-state index < -0.39 is 20.8 Å². The van der Waals surface area contributed by atoms with E-state index in [1.54, 1.807) is 6.92 Å². The van der Waals surface area contributed by atoms with E-state index in [0.29, 0.717) is 13.1 Å². The second kappa shape index (κ2) is 6.09. The number of benzene rings is 1. The molecule has 1 aromatic carbocycles. The molecule has 0 spiro atoms. The maximum Gasteiger partial charge on any atom is 0.401 e. The maximum absolute atomic E-state index is 12.4. The van der Waals surface area contributed by atoms with Crippen LogP contribution in [-0.2, 0) is 6.54 Å². The largest absolute Gasteiger partial charge is 0.401 e. The van der Waals surface area contributed by atoms with Crippen LogP contribution in [0.2, 0.25) is 19.6 Å². The van der Waals surface area contributed by atoms with Crippen molar-refractivity contribution in [3.63, 3.8) is 0 Å². The van der Waals surface area contributed by atoms with E-state index in [2.05, 4.69) is 31.8 Å². The molecule has 0 aliphatic heterocycles. The molecular formula is C14H22F3NSi. The molecule has 0 fully saturated rings. The first kappa shape index (κ1) is 16.2. The maximum atomic E-state index is 12.4. The number of halogens is 3. The lowest BCUT2D eigenvalue weighted by Crippen LogP contribution is -2.37. The molecule has 1 aromatic rings. The predicted octanol–water partition coefficient (Wildman–Crippen LogP) is 3.62. The summed E-state index contributed by atoms with van der Waals surface area (Å²) in [5.74, 6) is 0. The van der Waals surface area contributed by atoms with E-state index in [0.717, 1.165) is 5.56 Å². The first-order valence-electron chi connectivity index (χ1n) is 6.50. The minimum absolute atomic E-state index is 0.349. The van der Waals surface area contributed by atoms with Crippen molar-refractivity contribution in [2.75, 3.05) is 13.1 Å². The lowest BCUT2D eigenvalue weighted by Gasteiger charge is -2.22. The molecule has 0 amide bonds. The van der Waals surface area contributed by atoms with E-state index in [1.807, 2.05) is 12.1 Å². The van der Waals surface area contributed by atoms with Crippen molar-refractivity contribution in [3.05, 3.63) is 29.8 Å². The summed E-state index contributed by atoms with van der Waals surface area (Å²) in [6, 6.07) is 8.02. The van der Waals surface area contributed by atoms with Gasteiger partial charge in [0.25, 0.3) is 0 Å². The number of nitrogens with zero attached hydrogens (tertiary/aromatic N) is 1. The minimum atomic E-state index is -4.13. The second-order valence-corrected chi connectivity index (χ2v) is 10.9. The van der Waals surface area contributed by atoms with Gasteiger partial charge in [-0.15, -0.1) is 0 Å². The number of alkyl halides is 3.